The van der Waals surface area contributed by atoms with Gasteiger partial charge in [0.1, 0.15) is 5.75 Å². The predicted octanol–water partition coefficient (Wildman–Crippen LogP) is 3.41. The Morgan fingerprint density at radius 2 is 1.88 bits per heavy atom. The Kier molecular flexibility index (Phi) is 6.60. The number of nitrogen functional groups attached to an aromatic ring is 1. The zero-order valence-corrected chi connectivity index (χ0v) is 15.2. The van der Waals surface area contributed by atoms with E-state index in [1.165, 1.54) is 7.11 Å². The Hall–Kier alpha value is -3.02. The van der Waals surface area contributed by atoms with E-state index in [4.69, 9.17) is 15.2 Å². The van der Waals surface area contributed by atoms with Crippen LogP contribution in [0.25, 0.3) is 0 Å². The lowest BCUT2D eigenvalue weighted by Crippen LogP contribution is -2.16. The van der Waals surface area contributed by atoms with Crippen molar-refractivity contribution < 1.29 is 19.1 Å². The van der Waals surface area contributed by atoms with Gasteiger partial charge in [-0.15, -0.1) is 0 Å². The summed E-state index contributed by atoms with van der Waals surface area (Å²) in [6.07, 6.45) is 0.714. The van der Waals surface area contributed by atoms with Crippen molar-refractivity contribution in [2.24, 2.45) is 0 Å². The Morgan fingerprint density at radius 3 is 2.54 bits per heavy atom. The second-order valence-electron chi connectivity index (χ2n) is 6.12. The van der Waals surface area contributed by atoms with Crippen LogP contribution in [0.1, 0.15) is 36.2 Å². The number of rotatable bonds is 7. The molecule has 0 radical (unpaired) electrons. The molecule has 0 fully saturated rings. The maximum Gasteiger partial charge on any atom is 0.337 e. The second-order valence-corrected chi connectivity index (χ2v) is 6.12. The topological polar surface area (TPSA) is 90.6 Å². The molecule has 0 saturated carbocycles. The molecular formula is C20H24N2O4. The maximum atomic E-state index is 12.4. The van der Waals surface area contributed by atoms with E-state index in [1.807, 2.05) is 38.1 Å². The standard InChI is InChI=1S/C20H24N2O4/c1-13(2)26-18-10-8-15(20(24)25-3)12-17(18)22-19(23)11-9-14-6-4-5-7-16(14)21/h4-8,10,12-13H,9,11,21H2,1-3H3,(H,22,23). The highest BCUT2D eigenvalue weighted by Gasteiger charge is 2.14. The number of nitrogens with one attached hydrogen (secondary N) is 1. The van der Waals surface area contributed by atoms with E-state index in [0.717, 1.165) is 5.56 Å². The smallest absolute Gasteiger partial charge is 0.337 e. The number of hydrogen-bond donors (Lipinski definition) is 2. The van der Waals surface area contributed by atoms with Crippen LogP contribution in [0, 0.1) is 0 Å². The van der Waals surface area contributed by atoms with Gasteiger partial charge in [0, 0.05) is 12.1 Å². The summed E-state index contributed by atoms with van der Waals surface area (Å²) in [6, 6.07) is 12.2. The first kappa shape index (κ1) is 19.3. The zero-order valence-electron chi connectivity index (χ0n) is 15.2. The fraction of sp³-hybridized carbons (Fsp3) is 0.300. The van der Waals surface area contributed by atoms with Crippen molar-refractivity contribution in [3.63, 3.8) is 0 Å². The molecule has 2 rings (SSSR count). The SMILES string of the molecule is COC(=O)c1ccc(OC(C)C)c(NC(=O)CCc2ccccc2N)c1. The summed E-state index contributed by atoms with van der Waals surface area (Å²) in [5, 5.41) is 2.81. The molecule has 0 aliphatic carbocycles. The van der Waals surface area contributed by atoms with Crippen LogP contribution in [0.15, 0.2) is 42.5 Å². The number of amides is 1. The summed E-state index contributed by atoms with van der Waals surface area (Å²) in [5.74, 6) is -0.169. The molecule has 0 aliphatic rings. The van der Waals surface area contributed by atoms with Gasteiger partial charge in [-0.25, -0.2) is 4.79 Å². The third kappa shape index (κ3) is 5.24. The van der Waals surface area contributed by atoms with Gasteiger partial charge in [0.25, 0.3) is 0 Å². The fourth-order valence-corrected chi connectivity index (χ4v) is 2.45. The van der Waals surface area contributed by atoms with Crippen LogP contribution in [-0.2, 0) is 16.0 Å². The van der Waals surface area contributed by atoms with E-state index in [-0.39, 0.29) is 18.4 Å². The van der Waals surface area contributed by atoms with Gasteiger partial charge < -0.3 is 20.5 Å². The van der Waals surface area contributed by atoms with Crippen LogP contribution in [0.5, 0.6) is 5.75 Å². The lowest BCUT2D eigenvalue weighted by molar-refractivity contribution is -0.116. The molecule has 6 heteroatoms. The van der Waals surface area contributed by atoms with E-state index in [0.29, 0.717) is 29.1 Å². The molecule has 2 aromatic carbocycles. The van der Waals surface area contributed by atoms with Crippen molar-refractivity contribution in [3.8, 4) is 5.75 Å². The number of para-hydroxylation sites is 1. The van der Waals surface area contributed by atoms with Gasteiger partial charge in [-0.05, 0) is 50.1 Å². The molecule has 0 bridgehead atoms. The molecule has 0 heterocycles. The van der Waals surface area contributed by atoms with Crippen LogP contribution in [0.3, 0.4) is 0 Å². The van der Waals surface area contributed by atoms with Crippen molar-refractivity contribution in [1.29, 1.82) is 0 Å². The third-order valence-electron chi connectivity index (χ3n) is 3.71. The highest BCUT2D eigenvalue weighted by Crippen LogP contribution is 2.27. The first-order chi connectivity index (χ1) is 12.4. The van der Waals surface area contributed by atoms with E-state index in [9.17, 15) is 9.59 Å². The Labute approximate surface area is 153 Å². The van der Waals surface area contributed by atoms with E-state index in [1.54, 1.807) is 18.2 Å². The van der Waals surface area contributed by atoms with E-state index < -0.39 is 5.97 Å². The number of carbonyl (C=O) groups excluding carboxylic acids is 2. The normalized spacial score (nSPS) is 10.5. The van der Waals surface area contributed by atoms with Gasteiger partial charge in [-0.1, -0.05) is 18.2 Å². The lowest BCUT2D eigenvalue weighted by Gasteiger charge is -2.16. The van der Waals surface area contributed by atoms with Crippen LogP contribution >= 0.6 is 0 Å². The molecule has 3 N–H and O–H groups in total. The number of nitrogens with two attached hydrogens (primary N) is 1. The first-order valence-electron chi connectivity index (χ1n) is 8.43. The van der Waals surface area contributed by atoms with Crippen molar-refractivity contribution >= 4 is 23.3 Å². The fourth-order valence-electron chi connectivity index (χ4n) is 2.45. The summed E-state index contributed by atoms with van der Waals surface area (Å²) < 4.78 is 10.4. The largest absolute Gasteiger partial charge is 0.489 e. The van der Waals surface area contributed by atoms with Crippen LogP contribution in [0.2, 0.25) is 0 Å². The Morgan fingerprint density at radius 1 is 1.15 bits per heavy atom. The first-order valence-corrected chi connectivity index (χ1v) is 8.43. The van der Waals surface area contributed by atoms with Gasteiger partial charge in [-0.2, -0.15) is 0 Å². The van der Waals surface area contributed by atoms with Crippen molar-refractivity contribution in [2.75, 3.05) is 18.2 Å². The minimum Gasteiger partial charge on any atom is -0.489 e. The Bertz CT molecular complexity index is 787. The van der Waals surface area contributed by atoms with Gasteiger partial charge in [0.15, 0.2) is 0 Å². The summed E-state index contributed by atoms with van der Waals surface area (Å²) >= 11 is 0. The zero-order chi connectivity index (χ0) is 19.1. The summed E-state index contributed by atoms with van der Waals surface area (Å²) in [5.41, 5.74) is 8.27. The molecule has 26 heavy (non-hydrogen) atoms. The second kappa shape index (κ2) is 8.89. The highest BCUT2D eigenvalue weighted by atomic mass is 16.5. The average Bonchev–Trinajstić information content (AvgIpc) is 2.61. The number of hydrogen-bond acceptors (Lipinski definition) is 5. The number of ether oxygens (including phenoxy) is 2. The minimum absolute atomic E-state index is 0.0706. The van der Waals surface area contributed by atoms with Gasteiger partial charge in [-0.3, -0.25) is 4.79 Å². The van der Waals surface area contributed by atoms with Crippen LogP contribution in [0.4, 0.5) is 11.4 Å². The van der Waals surface area contributed by atoms with Crippen LogP contribution in [-0.4, -0.2) is 25.1 Å². The third-order valence-corrected chi connectivity index (χ3v) is 3.71. The average molecular weight is 356 g/mol. The summed E-state index contributed by atoms with van der Waals surface area (Å²) in [6.45, 7) is 3.77. The minimum atomic E-state index is -0.478. The van der Waals surface area contributed by atoms with E-state index >= 15 is 0 Å². The summed E-state index contributed by atoms with van der Waals surface area (Å²) in [4.78, 5) is 24.1. The number of methoxy groups -OCH3 is 1. The molecule has 0 unspecified atom stereocenters. The molecule has 6 nitrogen and oxygen atoms in total. The monoisotopic (exact) mass is 356 g/mol. The number of aryl methyl sites for hydroxylation is 1. The van der Waals surface area contributed by atoms with Gasteiger partial charge >= 0.3 is 5.97 Å². The molecule has 0 aliphatic heterocycles. The molecule has 138 valence electrons. The molecule has 1 amide bonds. The maximum absolute atomic E-state index is 12.4. The highest BCUT2D eigenvalue weighted by molar-refractivity contribution is 5.96. The number of anilines is 2. The lowest BCUT2D eigenvalue weighted by atomic mass is 10.1. The van der Waals surface area contributed by atoms with E-state index in [2.05, 4.69) is 5.32 Å². The van der Waals surface area contributed by atoms with Gasteiger partial charge in [0.2, 0.25) is 5.91 Å². The molecular weight excluding hydrogens is 332 g/mol. The molecule has 0 saturated heterocycles. The molecule has 0 atom stereocenters. The summed E-state index contributed by atoms with van der Waals surface area (Å²) in [7, 11) is 1.31. The molecule has 2 aromatic rings. The quantitative estimate of drug-likeness (QED) is 0.586. The number of benzene rings is 2. The van der Waals surface area contributed by atoms with Crippen LogP contribution < -0.4 is 15.8 Å². The Balaban J connectivity index is 2.13. The number of carbonyl (C=O) groups is 2. The molecule has 0 aromatic heterocycles. The number of esters is 1. The van der Waals surface area contributed by atoms with Crippen molar-refractivity contribution in [2.45, 2.75) is 32.8 Å². The van der Waals surface area contributed by atoms with Crippen molar-refractivity contribution in [1.82, 2.24) is 0 Å². The van der Waals surface area contributed by atoms with Gasteiger partial charge in [0.05, 0.1) is 24.5 Å². The molecule has 0 spiro atoms. The predicted molar refractivity (Wildman–Crippen MR) is 101 cm³/mol. The van der Waals surface area contributed by atoms with Crippen molar-refractivity contribution in [3.05, 3.63) is 53.6 Å².